The number of aromatic nitrogens is 3. The number of rotatable bonds is 4. The minimum atomic E-state index is -0.823. The molecule has 0 saturated carbocycles. The number of hydrogen-bond donors (Lipinski definition) is 2. The molecule has 2 N–H and O–H groups in total. The summed E-state index contributed by atoms with van der Waals surface area (Å²) in [6.07, 6.45) is 0.677. The van der Waals surface area contributed by atoms with Crippen molar-refractivity contribution >= 4 is 21.8 Å². The number of carbonyl (C=O) groups is 1. The summed E-state index contributed by atoms with van der Waals surface area (Å²) in [5.41, 5.74) is 2.08. The molecule has 5 rings (SSSR count). The van der Waals surface area contributed by atoms with Crippen molar-refractivity contribution in [1.82, 2.24) is 19.7 Å². The predicted molar refractivity (Wildman–Crippen MR) is 141 cm³/mol. The van der Waals surface area contributed by atoms with E-state index in [4.69, 9.17) is 4.74 Å². The van der Waals surface area contributed by atoms with Crippen LogP contribution < -0.4 is 16.0 Å². The second kappa shape index (κ2) is 9.70. The number of ether oxygens (including phenoxy) is 1. The summed E-state index contributed by atoms with van der Waals surface area (Å²) in [6, 6.07) is 16.0. The molecule has 1 amide bonds. The number of phenolic OH excluding ortho intramolecular Hbond substituents is 1. The summed E-state index contributed by atoms with van der Waals surface area (Å²) in [6.45, 7) is 4.45. The Morgan fingerprint density at radius 3 is 2.46 bits per heavy atom. The zero-order chi connectivity index (χ0) is 26.3. The maximum absolute atomic E-state index is 13.3. The molecular formula is C27H23BrN4O5. The van der Waals surface area contributed by atoms with E-state index in [-0.39, 0.29) is 11.4 Å². The van der Waals surface area contributed by atoms with Crippen molar-refractivity contribution < 1.29 is 14.6 Å². The predicted octanol–water partition coefficient (Wildman–Crippen LogP) is 4.00. The SMILES string of the molecule is Cc1cc(-n2nc(C(=O)N3CCc4ccccc4C3)c(=O)[nH]c2=O)cc(C)c1Oc1ccc(O)c(Br)c1. The van der Waals surface area contributed by atoms with Gasteiger partial charge in [0, 0.05) is 13.1 Å². The average molecular weight is 563 g/mol. The quantitative estimate of drug-likeness (QED) is 0.388. The average Bonchev–Trinajstić information content (AvgIpc) is 2.87. The van der Waals surface area contributed by atoms with Gasteiger partial charge in [0.15, 0.2) is 0 Å². The fourth-order valence-electron chi connectivity index (χ4n) is 4.41. The Morgan fingerprint density at radius 2 is 1.76 bits per heavy atom. The standard InChI is InChI=1S/C27H23BrN4O5/c1-15-11-19(12-16(2)24(15)37-20-7-8-22(33)21(28)13-20)32-27(36)29-25(34)23(30-32)26(35)31-10-9-17-5-3-4-6-18(17)14-31/h3-8,11-13,33H,9-10,14H2,1-2H3,(H,29,34,36). The third-order valence-corrected chi connectivity index (χ3v) is 6.91. The molecule has 2 heterocycles. The van der Waals surface area contributed by atoms with E-state index in [1.807, 2.05) is 38.1 Å². The highest BCUT2D eigenvalue weighted by atomic mass is 79.9. The zero-order valence-electron chi connectivity index (χ0n) is 20.1. The number of aryl methyl sites for hydroxylation is 2. The number of fused-ring (bicyclic) bond motifs is 1. The Hall–Kier alpha value is -4.18. The maximum Gasteiger partial charge on any atom is 0.349 e. The number of nitrogens with zero attached hydrogens (tertiary/aromatic N) is 3. The molecule has 0 saturated heterocycles. The molecule has 1 aliphatic rings. The van der Waals surface area contributed by atoms with Gasteiger partial charge >= 0.3 is 5.69 Å². The van der Waals surface area contributed by atoms with Crippen molar-refractivity contribution in [3.8, 4) is 22.9 Å². The number of halogens is 1. The molecule has 0 spiro atoms. The van der Waals surface area contributed by atoms with Gasteiger partial charge in [-0.2, -0.15) is 9.78 Å². The van der Waals surface area contributed by atoms with Gasteiger partial charge in [-0.3, -0.25) is 14.6 Å². The van der Waals surface area contributed by atoms with Crippen LogP contribution >= 0.6 is 15.9 Å². The summed E-state index contributed by atoms with van der Waals surface area (Å²) in [5.74, 6) is 0.649. The van der Waals surface area contributed by atoms with Gasteiger partial charge in [0.1, 0.15) is 17.2 Å². The first-order chi connectivity index (χ1) is 17.7. The molecule has 0 unspecified atom stereocenters. The summed E-state index contributed by atoms with van der Waals surface area (Å²) in [7, 11) is 0. The van der Waals surface area contributed by atoms with E-state index in [9.17, 15) is 19.5 Å². The number of aromatic amines is 1. The lowest BCUT2D eigenvalue weighted by Crippen LogP contribution is -2.42. The van der Waals surface area contributed by atoms with Crippen LogP contribution in [0.25, 0.3) is 5.69 Å². The Balaban J connectivity index is 1.47. The van der Waals surface area contributed by atoms with Gasteiger partial charge in [0.25, 0.3) is 11.5 Å². The Labute approximate surface area is 220 Å². The highest BCUT2D eigenvalue weighted by molar-refractivity contribution is 9.10. The van der Waals surface area contributed by atoms with Gasteiger partial charge in [-0.15, -0.1) is 0 Å². The van der Waals surface area contributed by atoms with E-state index in [0.29, 0.717) is 52.3 Å². The highest BCUT2D eigenvalue weighted by Gasteiger charge is 2.26. The molecule has 0 aliphatic carbocycles. The van der Waals surface area contributed by atoms with Gasteiger partial charge in [-0.1, -0.05) is 24.3 Å². The van der Waals surface area contributed by atoms with E-state index in [1.54, 1.807) is 29.2 Å². The van der Waals surface area contributed by atoms with Crippen molar-refractivity contribution in [3.05, 3.63) is 108 Å². The van der Waals surface area contributed by atoms with Gasteiger partial charge in [-0.25, -0.2) is 4.79 Å². The number of H-pyrrole nitrogens is 1. The van der Waals surface area contributed by atoms with Crippen LogP contribution in [0, 0.1) is 13.8 Å². The van der Waals surface area contributed by atoms with Gasteiger partial charge in [0.05, 0.1) is 10.2 Å². The van der Waals surface area contributed by atoms with Crippen molar-refractivity contribution in [2.45, 2.75) is 26.8 Å². The Bertz CT molecular complexity index is 1640. The lowest BCUT2D eigenvalue weighted by atomic mass is 10.00. The Kier molecular flexibility index (Phi) is 6.43. The van der Waals surface area contributed by atoms with Crippen LogP contribution in [0.4, 0.5) is 0 Å². The van der Waals surface area contributed by atoms with Crippen LogP contribution in [0.15, 0.2) is 68.7 Å². The number of nitrogens with one attached hydrogen (secondary N) is 1. The molecule has 0 atom stereocenters. The van der Waals surface area contributed by atoms with Gasteiger partial charge in [-0.05, 0) is 88.8 Å². The summed E-state index contributed by atoms with van der Waals surface area (Å²) in [4.78, 5) is 42.3. The first-order valence-corrected chi connectivity index (χ1v) is 12.4. The van der Waals surface area contributed by atoms with Crippen LogP contribution in [-0.4, -0.2) is 37.2 Å². The molecule has 9 nitrogen and oxygen atoms in total. The first kappa shape index (κ1) is 24.5. The summed E-state index contributed by atoms with van der Waals surface area (Å²) < 4.78 is 7.54. The number of benzene rings is 3. The molecule has 0 radical (unpaired) electrons. The van der Waals surface area contributed by atoms with E-state index in [2.05, 4.69) is 26.0 Å². The maximum atomic E-state index is 13.3. The summed E-state index contributed by atoms with van der Waals surface area (Å²) >= 11 is 3.27. The zero-order valence-corrected chi connectivity index (χ0v) is 21.7. The molecule has 1 aromatic heterocycles. The molecule has 1 aliphatic heterocycles. The lowest BCUT2D eigenvalue weighted by molar-refractivity contribution is 0.0724. The molecule has 0 bridgehead atoms. The van der Waals surface area contributed by atoms with Crippen molar-refractivity contribution in [2.24, 2.45) is 0 Å². The fourth-order valence-corrected chi connectivity index (χ4v) is 4.77. The van der Waals surface area contributed by atoms with Crippen molar-refractivity contribution in [3.63, 3.8) is 0 Å². The fraction of sp³-hybridized carbons (Fsp3) is 0.185. The van der Waals surface area contributed by atoms with Crippen LogP contribution in [0.3, 0.4) is 0 Å². The molecule has 3 aromatic carbocycles. The normalized spacial score (nSPS) is 12.8. The van der Waals surface area contributed by atoms with Crippen LogP contribution in [-0.2, 0) is 13.0 Å². The van der Waals surface area contributed by atoms with Crippen molar-refractivity contribution in [2.75, 3.05) is 6.54 Å². The number of carbonyl (C=O) groups excluding carboxylic acids is 1. The molecule has 0 fully saturated rings. The molecule has 37 heavy (non-hydrogen) atoms. The minimum Gasteiger partial charge on any atom is -0.507 e. The molecule has 4 aromatic rings. The third kappa shape index (κ3) is 4.79. The van der Waals surface area contributed by atoms with E-state index < -0.39 is 17.2 Å². The Morgan fingerprint density at radius 1 is 1.05 bits per heavy atom. The number of phenols is 1. The lowest BCUT2D eigenvalue weighted by Gasteiger charge is -2.28. The third-order valence-electron chi connectivity index (χ3n) is 6.28. The largest absolute Gasteiger partial charge is 0.507 e. The smallest absolute Gasteiger partial charge is 0.349 e. The highest BCUT2D eigenvalue weighted by Crippen LogP contribution is 2.34. The monoisotopic (exact) mass is 562 g/mol. The first-order valence-electron chi connectivity index (χ1n) is 11.6. The molecule has 188 valence electrons. The second-order valence-corrected chi connectivity index (χ2v) is 9.74. The topological polar surface area (TPSA) is 118 Å². The van der Waals surface area contributed by atoms with E-state index in [0.717, 1.165) is 10.2 Å². The van der Waals surface area contributed by atoms with Crippen molar-refractivity contribution in [1.29, 1.82) is 0 Å². The number of aromatic hydroxyl groups is 1. The van der Waals surface area contributed by atoms with E-state index >= 15 is 0 Å². The molecular weight excluding hydrogens is 540 g/mol. The van der Waals surface area contributed by atoms with Gasteiger partial charge < -0.3 is 14.7 Å². The van der Waals surface area contributed by atoms with E-state index in [1.165, 1.54) is 11.6 Å². The van der Waals surface area contributed by atoms with Gasteiger partial charge in [0.2, 0.25) is 5.69 Å². The second-order valence-electron chi connectivity index (χ2n) is 8.89. The summed E-state index contributed by atoms with van der Waals surface area (Å²) in [5, 5.41) is 13.9. The number of amides is 1. The van der Waals surface area contributed by atoms with Crippen LogP contribution in [0.1, 0.15) is 32.7 Å². The molecule has 10 heteroatoms. The van der Waals surface area contributed by atoms with Crippen LogP contribution in [0.5, 0.6) is 17.2 Å². The van der Waals surface area contributed by atoms with Crippen LogP contribution in [0.2, 0.25) is 0 Å². The number of hydrogen-bond acceptors (Lipinski definition) is 6. The minimum absolute atomic E-state index is 0.0961.